The van der Waals surface area contributed by atoms with Crippen LogP contribution >= 0.6 is 15.9 Å². The van der Waals surface area contributed by atoms with E-state index in [2.05, 4.69) is 21.2 Å². The Morgan fingerprint density at radius 1 is 1.44 bits per heavy atom. The van der Waals surface area contributed by atoms with Crippen molar-refractivity contribution >= 4 is 15.9 Å². The molecule has 0 aliphatic heterocycles. The van der Waals surface area contributed by atoms with E-state index in [1.807, 2.05) is 30.3 Å². The minimum atomic E-state index is 0.293. The number of hydrogen-bond donors (Lipinski definition) is 0. The standard InChI is InChI=1S/C10H14BrN3O2/c1-13(8-7-11)14(15)12-16-9-10-5-3-2-4-6-10/h2-6H,7-9H2,1H3/b14-12-. The fourth-order valence-corrected chi connectivity index (χ4v) is 1.51. The van der Waals surface area contributed by atoms with Gasteiger partial charge in [-0.2, -0.15) is 0 Å². The molecule has 1 rings (SSSR count). The Morgan fingerprint density at radius 2 is 2.12 bits per heavy atom. The SMILES string of the molecule is CN(CCBr)/[N+]([O-])=N/OCc1ccccc1. The summed E-state index contributed by atoms with van der Waals surface area (Å²) in [4.78, 5) is 5.37. The first-order chi connectivity index (χ1) is 7.74. The monoisotopic (exact) mass is 287 g/mol. The zero-order valence-corrected chi connectivity index (χ0v) is 10.6. The van der Waals surface area contributed by atoms with Gasteiger partial charge in [-0.1, -0.05) is 46.3 Å². The van der Waals surface area contributed by atoms with Gasteiger partial charge in [-0.15, -0.1) is 5.01 Å². The summed E-state index contributed by atoms with van der Waals surface area (Å²) in [5.74, 6) is 0. The van der Waals surface area contributed by atoms with Crippen molar-refractivity contribution in [3.8, 4) is 0 Å². The molecule has 0 spiro atoms. The Bertz CT molecular complexity index is 332. The molecule has 0 atom stereocenters. The normalized spacial score (nSPS) is 11.2. The minimum absolute atomic E-state index is 0.293. The van der Waals surface area contributed by atoms with E-state index in [0.29, 0.717) is 23.5 Å². The lowest BCUT2D eigenvalue weighted by atomic mass is 10.2. The predicted octanol–water partition coefficient (Wildman–Crippen LogP) is 2.32. The van der Waals surface area contributed by atoms with Crippen LogP contribution in [0.15, 0.2) is 35.6 Å². The van der Waals surface area contributed by atoms with Crippen molar-refractivity contribution < 1.29 is 9.81 Å². The maximum atomic E-state index is 11.3. The fourth-order valence-electron chi connectivity index (χ4n) is 0.997. The molecular weight excluding hydrogens is 274 g/mol. The smallest absolute Gasteiger partial charge is 0.233 e. The van der Waals surface area contributed by atoms with Crippen molar-refractivity contribution in [3.63, 3.8) is 0 Å². The van der Waals surface area contributed by atoms with E-state index in [9.17, 15) is 5.21 Å². The first-order valence-electron chi connectivity index (χ1n) is 4.85. The highest BCUT2D eigenvalue weighted by molar-refractivity contribution is 9.09. The molecule has 0 fully saturated rings. The summed E-state index contributed by atoms with van der Waals surface area (Å²) in [6.45, 7) is 0.865. The molecule has 0 N–H and O–H groups in total. The van der Waals surface area contributed by atoms with Crippen LogP contribution in [-0.2, 0) is 11.4 Å². The van der Waals surface area contributed by atoms with Gasteiger partial charge in [0.1, 0.15) is 6.61 Å². The van der Waals surface area contributed by atoms with Crippen LogP contribution in [0.4, 0.5) is 0 Å². The van der Waals surface area contributed by atoms with E-state index in [1.165, 1.54) is 5.01 Å². The van der Waals surface area contributed by atoms with Gasteiger partial charge in [-0.3, -0.25) is 0 Å². The lowest BCUT2D eigenvalue weighted by molar-refractivity contribution is -0.705. The Morgan fingerprint density at radius 3 is 2.75 bits per heavy atom. The lowest BCUT2D eigenvalue weighted by Gasteiger charge is -2.10. The average Bonchev–Trinajstić information content (AvgIpc) is 2.30. The molecule has 0 bridgehead atoms. The van der Waals surface area contributed by atoms with Crippen LogP contribution in [0.5, 0.6) is 0 Å². The molecule has 88 valence electrons. The second kappa shape index (κ2) is 7.05. The number of benzene rings is 1. The van der Waals surface area contributed by atoms with E-state index in [-0.39, 0.29) is 0 Å². The van der Waals surface area contributed by atoms with Crippen molar-refractivity contribution in [3.05, 3.63) is 41.1 Å². The molecule has 0 unspecified atom stereocenters. The highest BCUT2D eigenvalue weighted by atomic mass is 79.9. The molecule has 1 aromatic rings. The maximum absolute atomic E-state index is 11.3. The van der Waals surface area contributed by atoms with Crippen molar-refractivity contribution in [2.75, 3.05) is 18.9 Å². The van der Waals surface area contributed by atoms with E-state index >= 15 is 0 Å². The largest absolute Gasteiger partial charge is 0.569 e. The molecule has 0 amide bonds. The number of rotatable bonds is 6. The Labute approximate surface area is 103 Å². The summed E-state index contributed by atoms with van der Waals surface area (Å²) < 4.78 is 0. The fraction of sp³-hybridized carbons (Fsp3) is 0.400. The number of nitrogens with zero attached hydrogens (tertiary/aromatic N) is 3. The molecule has 0 radical (unpaired) electrons. The number of alkyl halides is 1. The molecule has 5 nitrogen and oxygen atoms in total. The van der Waals surface area contributed by atoms with Gasteiger partial charge in [-0.05, 0) is 5.56 Å². The average molecular weight is 288 g/mol. The second-order valence-corrected chi connectivity index (χ2v) is 3.96. The Balaban J connectivity index is 2.36. The summed E-state index contributed by atoms with van der Waals surface area (Å²) in [5, 5.41) is 16.8. The van der Waals surface area contributed by atoms with E-state index in [1.54, 1.807) is 7.05 Å². The van der Waals surface area contributed by atoms with Gasteiger partial charge in [0.05, 0.1) is 18.6 Å². The van der Waals surface area contributed by atoms with Crippen molar-refractivity contribution in [1.29, 1.82) is 0 Å². The first-order valence-corrected chi connectivity index (χ1v) is 5.97. The topological polar surface area (TPSA) is 50.9 Å². The minimum Gasteiger partial charge on any atom is -0.569 e. The van der Waals surface area contributed by atoms with E-state index < -0.39 is 0 Å². The van der Waals surface area contributed by atoms with Crippen LogP contribution in [0.1, 0.15) is 5.56 Å². The van der Waals surface area contributed by atoms with Crippen molar-refractivity contribution in [2.24, 2.45) is 5.28 Å². The summed E-state index contributed by atoms with van der Waals surface area (Å²) in [6, 6.07) is 9.55. The summed E-state index contributed by atoms with van der Waals surface area (Å²) >= 11 is 3.23. The van der Waals surface area contributed by atoms with E-state index in [0.717, 1.165) is 5.56 Å². The zero-order valence-electron chi connectivity index (χ0n) is 9.04. The summed E-state index contributed by atoms with van der Waals surface area (Å²) in [6.07, 6.45) is 0. The third-order valence-corrected chi connectivity index (χ3v) is 2.26. The van der Waals surface area contributed by atoms with Gasteiger partial charge in [-0.25, -0.2) is 0 Å². The molecule has 6 heteroatoms. The quantitative estimate of drug-likeness (QED) is 0.349. The van der Waals surface area contributed by atoms with Crippen LogP contribution in [0, 0.1) is 5.21 Å². The molecule has 1 aromatic carbocycles. The third-order valence-electron chi connectivity index (χ3n) is 1.90. The van der Waals surface area contributed by atoms with Crippen molar-refractivity contribution in [2.45, 2.75) is 6.61 Å². The van der Waals surface area contributed by atoms with Crippen LogP contribution in [0.2, 0.25) is 0 Å². The molecule has 0 saturated carbocycles. The Hall–Kier alpha value is -1.30. The van der Waals surface area contributed by atoms with Crippen LogP contribution < -0.4 is 0 Å². The van der Waals surface area contributed by atoms with Crippen LogP contribution in [-0.4, -0.2) is 28.9 Å². The lowest BCUT2D eigenvalue weighted by Crippen LogP contribution is -2.28. The highest BCUT2D eigenvalue weighted by Crippen LogP contribution is 2.01. The second-order valence-electron chi connectivity index (χ2n) is 3.16. The van der Waals surface area contributed by atoms with Gasteiger partial charge in [0, 0.05) is 5.33 Å². The van der Waals surface area contributed by atoms with Crippen LogP contribution in [0.3, 0.4) is 0 Å². The van der Waals surface area contributed by atoms with Gasteiger partial charge >= 0.3 is 0 Å². The number of hydrazine groups is 1. The number of halogens is 1. The van der Waals surface area contributed by atoms with Gasteiger partial charge in [0.25, 0.3) is 0 Å². The van der Waals surface area contributed by atoms with Gasteiger partial charge < -0.3 is 10.0 Å². The molecule has 0 saturated heterocycles. The molecule has 0 heterocycles. The van der Waals surface area contributed by atoms with Gasteiger partial charge in [0.15, 0.2) is 0 Å². The highest BCUT2D eigenvalue weighted by Gasteiger charge is 2.04. The molecule has 0 aliphatic rings. The molecule has 0 aliphatic carbocycles. The maximum Gasteiger partial charge on any atom is 0.233 e. The van der Waals surface area contributed by atoms with E-state index in [4.69, 9.17) is 4.84 Å². The van der Waals surface area contributed by atoms with Gasteiger partial charge in [0.2, 0.25) is 5.28 Å². The summed E-state index contributed by atoms with van der Waals surface area (Å²) in [7, 11) is 1.64. The third kappa shape index (κ3) is 4.48. The molecular formula is C10H14BrN3O2. The Kier molecular flexibility index (Phi) is 5.63. The summed E-state index contributed by atoms with van der Waals surface area (Å²) in [5.41, 5.74) is 0.975. The van der Waals surface area contributed by atoms with Crippen LogP contribution in [0.25, 0.3) is 0 Å². The number of hydrogen-bond acceptors (Lipinski definition) is 3. The first kappa shape index (κ1) is 12.8. The zero-order chi connectivity index (χ0) is 11.8. The molecule has 0 aromatic heterocycles. The predicted molar refractivity (Wildman–Crippen MR) is 63.7 cm³/mol. The molecule has 16 heavy (non-hydrogen) atoms. The van der Waals surface area contributed by atoms with Crippen molar-refractivity contribution in [1.82, 2.24) is 5.01 Å².